The summed E-state index contributed by atoms with van der Waals surface area (Å²) < 4.78 is 19.7. The fourth-order valence-corrected chi connectivity index (χ4v) is 3.49. The number of benzene rings is 2. The van der Waals surface area contributed by atoms with Crippen LogP contribution < -0.4 is 10.1 Å². The quantitative estimate of drug-likeness (QED) is 0.708. The predicted molar refractivity (Wildman–Crippen MR) is 107 cm³/mol. The average Bonchev–Trinajstić information content (AvgIpc) is 2.94. The number of amidine groups is 1. The minimum atomic E-state index is -0.423. The maximum Gasteiger partial charge on any atom is 0.286 e. The van der Waals surface area contributed by atoms with E-state index >= 15 is 0 Å². The third-order valence-electron chi connectivity index (χ3n) is 3.47. The van der Waals surface area contributed by atoms with Gasteiger partial charge in [-0.25, -0.2) is 4.39 Å². The van der Waals surface area contributed by atoms with Gasteiger partial charge >= 0.3 is 0 Å². The SMILES string of the molecule is CC(=O)NC1=NC(=O)C(=Cc2cc(Br)ccc2OCc2ccc(F)cc2)S1. The summed E-state index contributed by atoms with van der Waals surface area (Å²) in [5, 5.41) is 2.76. The van der Waals surface area contributed by atoms with Crippen molar-refractivity contribution >= 4 is 50.7 Å². The summed E-state index contributed by atoms with van der Waals surface area (Å²) in [5.41, 5.74) is 1.50. The second-order valence-corrected chi connectivity index (χ2v) is 7.56. The van der Waals surface area contributed by atoms with Crippen LogP contribution in [0.3, 0.4) is 0 Å². The Morgan fingerprint density at radius 2 is 2.04 bits per heavy atom. The monoisotopic (exact) mass is 448 g/mol. The van der Waals surface area contributed by atoms with Crippen LogP contribution in [0.25, 0.3) is 6.08 Å². The lowest BCUT2D eigenvalue weighted by Gasteiger charge is -2.10. The van der Waals surface area contributed by atoms with E-state index in [0.717, 1.165) is 21.8 Å². The predicted octanol–water partition coefficient (Wildman–Crippen LogP) is 4.27. The fourth-order valence-electron chi connectivity index (χ4n) is 2.26. The molecule has 0 saturated carbocycles. The molecule has 0 saturated heterocycles. The van der Waals surface area contributed by atoms with Crippen molar-refractivity contribution < 1.29 is 18.7 Å². The van der Waals surface area contributed by atoms with Crippen LogP contribution in [0.1, 0.15) is 18.1 Å². The Hall–Kier alpha value is -2.45. The first-order valence-electron chi connectivity index (χ1n) is 7.87. The van der Waals surface area contributed by atoms with Gasteiger partial charge in [0.05, 0.1) is 4.91 Å². The number of hydrogen-bond donors (Lipinski definition) is 1. The first-order chi connectivity index (χ1) is 12.9. The molecule has 0 atom stereocenters. The number of carbonyl (C=O) groups excluding carboxylic acids is 2. The lowest BCUT2D eigenvalue weighted by Crippen LogP contribution is -2.23. The Balaban J connectivity index is 1.79. The number of nitrogens with zero attached hydrogens (tertiary/aromatic N) is 1. The summed E-state index contributed by atoms with van der Waals surface area (Å²) in [6.45, 7) is 1.61. The Labute approximate surface area is 167 Å². The van der Waals surface area contributed by atoms with Gasteiger partial charge in [0.1, 0.15) is 18.2 Å². The van der Waals surface area contributed by atoms with Gasteiger partial charge in [0.25, 0.3) is 5.91 Å². The molecule has 0 bridgehead atoms. The highest BCUT2D eigenvalue weighted by Crippen LogP contribution is 2.32. The summed E-state index contributed by atoms with van der Waals surface area (Å²) in [6.07, 6.45) is 1.66. The van der Waals surface area contributed by atoms with Crippen molar-refractivity contribution in [3.8, 4) is 5.75 Å². The maximum atomic E-state index is 13.0. The minimum Gasteiger partial charge on any atom is -0.488 e. The molecule has 2 aromatic rings. The summed E-state index contributed by atoms with van der Waals surface area (Å²) in [6, 6.07) is 11.5. The van der Waals surface area contributed by atoms with E-state index in [1.54, 1.807) is 24.3 Å². The fraction of sp³-hybridized carbons (Fsp3) is 0.105. The van der Waals surface area contributed by atoms with Crippen molar-refractivity contribution in [2.75, 3.05) is 0 Å². The second kappa shape index (κ2) is 8.49. The van der Waals surface area contributed by atoms with Gasteiger partial charge < -0.3 is 10.1 Å². The van der Waals surface area contributed by atoms with Crippen LogP contribution in [0.15, 0.2) is 56.8 Å². The molecule has 0 radical (unpaired) electrons. The first kappa shape index (κ1) is 19.3. The number of amides is 2. The highest BCUT2D eigenvalue weighted by molar-refractivity contribution is 9.10. The Morgan fingerprint density at radius 1 is 1.30 bits per heavy atom. The van der Waals surface area contributed by atoms with Gasteiger partial charge in [0.15, 0.2) is 5.17 Å². The van der Waals surface area contributed by atoms with E-state index in [9.17, 15) is 14.0 Å². The van der Waals surface area contributed by atoms with E-state index in [1.807, 2.05) is 12.1 Å². The van der Waals surface area contributed by atoms with Gasteiger partial charge in [0.2, 0.25) is 5.91 Å². The number of hydrogen-bond acceptors (Lipinski definition) is 4. The molecule has 0 unspecified atom stereocenters. The van der Waals surface area contributed by atoms with E-state index in [1.165, 1.54) is 19.1 Å². The zero-order valence-corrected chi connectivity index (χ0v) is 16.6. The number of aliphatic imine (C=N–C) groups is 1. The number of nitrogens with one attached hydrogen (secondary N) is 1. The van der Waals surface area contributed by atoms with Crippen molar-refractivity contribution in [2.45, 2.75) is 13.5 Å². The molecule has 0 aliphatic carbocycles. The third-order valence-corrected chi connectivity index (χ3v) is 4.86. The summed E-state index contributed by atoms with van der Waals surface area (Å²) in [4.78, 5) is 27.4. The molecule has 0 spiro atoms. The molecule has 2 amide bonds. The molecule has 138 valence electrons. The van der Waals surface area contributed by atoms with Crippen LogP contribution in [0.2, 0.25) is 0 Å². The van der Waals surface area contributed by atoms with Gasteiger partial charge in [-0.2, -0.15) is 4.99 Å². The van der Waals surface area contributed by atoms with Crippen molar-refractivity contribution in [3.63, 3.8) is 0 Å². The normalized spacial score (nSPS) is 15.0. The van der Waals surface area contributed by atoms with Crippen molar-refractivity contribution in [3.05, 3.63) is 68.8 Å². The van der Waals surface area contributed by atoms with Gasteiger partial charge in [-0.15, -0.1) is 0 Å². The highest BCUT2D eigenvalue weighted by Gasteiger charge is 2.23. The average molecular weight is 449 g/mol. The van der Waals surface area contributed by atoms with Crippen molar-refractivity contribution in [1.82, 2.24) is 5.32 Å². The van der Waals surface area contributed by atoms with Crippen LogP contribution in [-0.2, 0) is 16.2 Å². The largest absolute Gasteiger partial charge is 0.488 e. The summed E-state index contributed by atoms with van der Waals surface area (Å²) in [7, 11) is 0. The molecule has 27 heavy (non-hydrogen) atoms. The highest BCUT2D eigenvalue weighted by atomic mass is 79.9. The van der Waals surface area contributed by atoms with E-state index in [4.69, 9.17) is 4.74 Å². The molecule has 5 nitrogen and oxygen atoms in total. The van der Waals surface area contributed by atoms with E-state index in [-0.39, 0.29) is 23.5 Å². The van der Waals surface area contributed by atoms with E-state index < -0.39 is 5.91 Å². The second-order valence-electron chi connectivity index (χ2n) is 5.61. The zero-order chi connectivity index (χ0) is 19.4. The van der Waals surface area contributed by atoms with Crippen molar-refractivity contribution in [1.29, 1.82) is 0 Å². The Kier molecular flexibility index (Phi) is 6.08. The van der Waals surface area contributed by atoms with Crippen LogP contribution >= 0.6 is 27.7 Å². The van der Waals surface area contributed by atoms with Gasteiger partial charge in [-0.3, -0.25) is 9.59 Å². The topological polar surface area (TPSA) is 67.8 Å². The molecular weight excluding hydrogens is 435 g/mol. The Morgan fingerprint density at radius 3 is 2.74 bits per heavy atom. The van der Waals surface area contributed by atoms with E-state index in [2.05, 4.69) is 26.2 Å². The molecule has 1 aliphatic rings. The summed E-state index contributed by atoms with van der Waals surface area (Å²) in [5.74, 6) is -0.453. The standard InChI is InChI=1S/C19H14BrFN2O3S/c1-11(24)22-19-23-18(25)17(27-19)9-13-8-14(20)4-7-16(13)26-10-12-2-5-15(21)6-3-12/h2-9H,10H2,1H3,(H,22,23,24,25). The molecule has 3 rings (SSSR count). The zero-order valence-electron chi connectivity index (χ0n) is 14.2. The number of rotatable bonds is 4. The molecule has 1 N–H and O–H groups in total. The summed E-state index contributed by atoms with van der Waals surface area (Å²) >= 11 is 4.50. The minimum absolute atomic E-state index is 0.252. The number of thioether (sulfide) groups is 1. The molecule has 2 aromatic carbocycles. The first-order valence-corrected chi connectivity index (χ1v) is 9.48. The molecule has 1 heterocycles. The van der Waals surface area contributed by atoms with Crippen LogP contribution in [0.5, 0.6) is 5.75 Å². The van der Waals surface area contributed by atoms with Crippen LogP contribution in [-0.4, -0.2) is 17.0 Å². The smallest absolute Gasteiger partial charge is 0.286 e. The van der Waals surface area contributed by atoms with Gasteiger partial charge in [-0.1, -0.05) is 28.1 Å². The number of halogens is 2. The third kappa shape index (κ3) is 5.27. The Bertz CT molecular complexity index is 958. The lowest BCUT2D eigenvalue weighted by atomic mass is 10.2. The molecular formula is C19H14BrFN2O3S. The maximum absolute atomic E-state index is 13.0. The molecule has 8 heteroatoms. The van der Waals surface area contributed by atoms with Crippen LogP contribution in [0.4, 0.5) is 4.39 Å². The number of ether oxygens (including phenoxy) is 1. The molecule has 1 aliphatic heterocycles. The van der Waals surface area contributed by atoms with Gasteiger partial charge in [0, 0.05) is 17.0 Å². The van der Waals surface area contributed by atoms with Gasteiger partial charge in [-0.05, 0) is 53.7 Å². The van der Waals surface area contributed by atoms with Crippen molar-refractivity contribution in [2.24, 2.45) is 4.99 Å². The lowest BCUT2D eigenvalue weighted by molar-refractivity contribution is -0.117. The van der Waals surface area contributed by atoms with Crippen LogP contribution in [0, 0.1) is 5.82 Å². The number of carbonyl (C=O) groups is 2. The molecule has 0 fully saturated rings. The van der Waals surface area contributed by atoms with E-state index in [0.29, 0.717) is 16.2 Å². The molecule has 0 aromatic heterocycles.